The van der Waals surface area contributed by atoms with Gasteiger partial charge in [-0.2, -0.15) is 23.5 Å². The number of hydrogen-bond donors (Lipinski definition) is 1. The van der Waals surface area contributed by atoms with Gasteiger partial charge in [-0.1, -0.05) is 6.92 Å². The standard InChI is InChI=1S/C11H19NO3S2/c1-8(6-16-2)11(15)12-3-4-17-7-9(12)5-10(13)14/h8-9H,3-7H2,1-2H3,(H,13,14). The first-order valence-corrected chi connectivity index (χ1v) is 8.20. The minimum atomic E-state index is -0.826. The Hall–Kier alpha value is -0.360. The third-order valence-corrected chi connectivity index (χ3v) is 4.68. The Balaban J connectivity index is 2.63. The van der Waals surface area contributed by atoms with E-state index in [4.69, 9.17) is 5.11 Å². The molecule has 0 aliphatic carbocycles. The lowest BCUT2D eigenvalue weighted by Gasteiger charge is -2.36. The number of carbonyl (C=O) groups excluding carboxylic acids is 1. The van der Waals surface area contributed by atoms with Crippen LogP contribution in [-0.4, -0.2) is 58.0 Å². The normalized spacial score (nSPS) is 22.2. The first-order valence-electron chi connectivity index (χ1n) is 5.65. The zero-order valence-electron chi connectivity index (χ0n) is 10.2. The van der Waals surface area contributed by atoms with E-state index in [2.05, 4.69) is 0 Å². The fourth-order valence-corrected chi connectivity index (χ4v) is 3.62. The number of carbonyl (C=O) groups is 2. The van der Waals surface area contributed by atoms with Crippen molar-refractivity contribution in [2.45, 2.75) is 19.4 Å². The van der Waals surface area contributed by atoms with Gasteiger partial charge in [0, 0.05) is 29.7 Å². The summed E-state index contributed by atoms with van der Waals surface area (Å²) in [6.07, 6.45) is 2.04. The fourth-order valence-electron chi connectivity index (χ4n) is 1.92. The second-order valence-electron chi connectivity index (χ2n) is 4.21. The molecule has 0 spiro atoms. The summed E-state index contributed by atoms with van der Waals surface area (Å²) in [5.41, 5.74) is 0. The predicted molar refractivity (Wildman–Crippen MR) is 72.6 cm³/mol. The molecule has 6 heteroatoms. The van der Waals surface area contributed by atoms with E-state index in [1.165, 1.54) is 0 Å². The number of carboxylic acids is 1. The number of rotatable bonds is 5. The first kappa shape index (κ1) is 14.7. The minimum Gasteiger partial charge on any atom is -0.481 e. The largest absolute Gasteiger partial charge is 0.481 e. The van der Waals surface area contributed by atoms with Crippen molar-refractivity contribution in [2.75, 3.05) is 30.1 Å². The van der Waals surface area contributed by atoms with Crippen LogP contribution in [0, 0.1) is 5.92 Å². The van der Waals surface area contributed by atoms with E-state index in [-0.39, 0.29) is 24.3 Å². The summed E-state index contributed by atoms with van der Waals surface area (Å²) in [4.78, 5) is 24.7. The lowest BCUT2D eigenvalue weighted by atomic mass is 10.1. The molecule has 0 radical (unpaired) electrons. The summed E-state index contributed by atoms with van der Waals surface area (Å²) in [6.45, 7) is 2.60. The van der Waals surface area contributed by atoms with Crippen molar-refractivity contribution in [3.8, 4) is 0 Å². The van der Waals surface area contributed by atoms with Crippen LogP contribution in [0.4, 0.5) is 0 Å². The van der Waals surface area contributed by atoms with Gasteiger partial charge in [0.15, 0.2) is 0 Å². The van der Waals surface area contributed by atoms with Crippen LogP contribution < -0.4 is 0 Å². The van der Waals surface area contributed by atoms with Gasteiger partial charge >= 0.3 is 5.97 Å². The molecule has 1 heterocycles. The summed E-state index contributed by atoms with van der Waals surface area (Å²) < 4.78 is 0. The van der Waals surface area contributed by atoms with Crippen molar-refractivity contribution < 1.29 is 14.7 Å². The zero-order chi connectivity index (χ0) is 12.8. The highest BCUT2D eigenvalue weighted by molar-refractivity contribution is 7.99. The van der Waals surface area contributed by atoms with E-state index in [9.17, 15) is 9.59 Å². The average Bonchev–Trinajstić information content (AvgIpc) is 2.28. The number of amides is 1. The Bertz CT molecular complexity index is 286. The van der Waals surface area contributed by atoms with E-state index in [0.29, 0.717) is 6.54 Å². The molecule has 0 aromatic carbocycles. The SMILES string of the molecule is CSCC(C)C(=O)N1CCSCC1CC(=O)O. The highest BCUT2D eigenvalue weighted by atomic mass is 32.2. The van der Waals surface area contributed by atoms with E-state index >= 15 is 0 Å². The van der Waals surface area contributed by atoms with Gasteiger partial charge in [-0.15, -0.1) is 0 Å². The highest BCUT2D eigenvalue weighted by Crippen LogP contribution is 2.21. The Morgan fingerprint density at radius 1 is 1.59 bits per heavy atom. The van der Waals surface area contributed by atoms with Crippen molar-refractivity contribution in [3.63, 3.8) is 0 Å². The van der Waals surface area contributed by atoms with Crippen molar-refractivity contribution >= 4 is 35.4 Å². The summed E-state index contributed by atoms with van der Waals surface area (Å²) in [7, 11) is 0. The molecule has 1 fully saturated rings. The van der Waals surface area contributed by atoms with Gasteiger partial charge in [0.2, 0.25) is 5.91 Å². The van der Waals surface area contributed by atoms with Crippen LogP contribution in [0.1, 0.15) is 13.3 Å². The van der Waals surface area contributed by atoms with E-state index in [0.717, 1.165) is 17.3 Å². The predicted octanol–water partition coefficient (Wildman–Crippen LogP) is 1.40. The third-order valence-electron chi connectivity index (χ3n) is 2.76. The third kappa shape index (κ3) is 4.43. The molecule has 1 saturated heterocycles. The maximum atomic E-state index is 12.2. The lowest BCUT2D eigenvalue weighted by Crippen LogP contribution is -2.49. The van der Waals surface area contributed by atoms with Crippen LogP contribution in [0.25, 0.3) is 0 Å². The number of thioether (sulfide) groups is 2. The fraction of sp³-hybridized carbons (Fsp3) is 0.818. The highest BCUT2D eigenvalue weighted by Gasteiger charge is 2.30. The molecular formula is C11H19NO3S2. The van der Waals surface area contributed by atoms with Gasteiger partial charge in [-0.3, -0.25) is 9.59 Å². The van der Waals surface area contributed by atoms with Crippen LogP contribution in [-0.2, 0) is 9.59 Å². The van der Waals surface area contributed by atoms with Crippen LogP contribution in [0.3, 0.4) is 0 Å². The summed E-state index contributed by atoms with van der Waals surface area (Å²) in [5.74, 6) is 1.70. The minimum absolute atomic E-state index is 0.0237. The van der Waals surface area contributed by atoms with Crippen molar-refractivity contribution in [3.05, 3.63) is 0 Å². The molecule has 1 rings (SSSR count). The van der Waals surface area contributed by atoms with E-state index in [1.807, 2.05) is 13.2 Å². The van der Waals surface area contributed by atoms with Crippen LogP contribution in [0.5, 0.6) is 0 Å². The molecular weight excluding hydrogens is 258 g/mol. The molecule has 1 aliphatic rings. The van der Waals surface area contributed by atoms with Crippen LogP contribution in [0.2, 0.25) is 0 Å². The van der Waals surface area contributed by atoms with Gasteiger partial charge in [0.1, 0.15) is 0 Å². The first-order chi connectivity index (χ1) is 8.06. The lowest BCUT2D eigenvalue weighted by molar-refractivity contribution is -0.141. The molecule has 0 aromatic heterocycles. The Morgan fingerprint density at radius 3 is 2.88 bits per heavy atom. The van der Waals surface area contributed by atoms with E-state index < -0.39 is 5.97 Å². The summed E-state index contributed by atoms with van der Waals surface area (Å²) in [6, 6.07) is -0.136. The maximum absolute atomic E-state index is 12.2. The van der Waals surface area contributed by atoms with Crippen LogP contribution >= 0.6 is 23.5 Å². The second-order valence-corrected chi connectivity index (χ2v) is 6.28. The Morgan fingerprint density at radius 2 is 2.29 bits per heavy atom. The molecule has 1 aliphatic heterocycles. The molecule has 98 valence electrons. The van der Waals surface area contributed by atoms with Gasteiger partial charge in [0.25, 0.3) is 0 Å². The van der Waals surface area contributed by atoms with Gasteiger partial charge < -0.3 is 10.0 Å². The van der Waals surface area contributed by atoms with Gasteiger partial charge in [-0.05, 0) is 6.26 Å². The maximum Gasteiger partial charge on any atom is 0.305 e. The number of aliphatic carboxylic acids is 1. The Labute approximate surface area is 111 Å². The molecule has 2 atom stereocenters. The van der Waals surface area contributed by atoms with E-state index in [1.54, 1.807) is 28.4 Å². The molecule has 17 heavy (non-hydrogen) atoms. The van der Waals surface area contributed by atoms with Crippen molar-refractivity contribution in [1.29, 1.82) is 0 Å². The molecule has 0 saturated carbocycles. The smallest absolute Gasteiger partial charge is 0.305 e. The van der Waals surface area contributed by atoms with Crippen molar-refractivity contribution in [2.24, 2.45) is 5.92 Å². The summed E-state index contributed by atoms with van der Waals surface area (Å²) >= 11 is 3.38. The molecule has 1 amide bonds. The van der Waals surface area contributed by atoms with Crippen molar-refractivity contribution in [1.82, 2.24) is 4.90 Å². The molecule has 2 unspecified atom stereocenters. The number of hydrogen-bond acceptors (Lipinski definition) is 4. The molecule has 0 bridgehead atoms. The monoisotopic (exact) mass is 277 g/mol. The summed E-state index contributed by atoms with van der Waals surface area (Å²) in [5, 5.41) is 8.86. The van der Waals surface area contributed by atoms with Crippen LogP contribution in [0.15, 0.2) is 0 Å². The number of nitrogens with zero attached hydrogens (tertiary/aromatic N) is 1. The molecule has 1 N–H and O–H groups in total. The molecule has 4 nitrogen and oxygen atoms in total. The second kappa shape index (κ2) is 7.16. The Kier molecular flexibility index (Phi) is 6.19. The van der Waals surface area contributed by atoms with Gasteiger partial charge in [0.05, 0.1) is 12.5 Å². The average molecular weight is 277 g/mol. The zero-order valence-corrected chi connectivity index (χ0v) is 11.9. The number of carboxylic acid groups (broad SMARTS) is 1. The molecule has 0 aromatic rings. The van der Waals surface area contributed by atoms with Gasteiger partial charge in [-0.25, -0.2) is 0 Å². The quantitative estimate of drug-likeness (QED) is 0.823. The topological polar surface area (TPSA) is 57.6 Å².